The average molecular weight is 752 g/mol. The maximum absolute atomic E-state index is 7.23. The summed E-state index contributed by atoms with van der Waals surface area (Å²) in [5.74, 6) is 0.445. The smallest absolute Gasteiger partial charge is 0.145 e. The molecule has 0 spiro atoms. The van der Waals surface area contributed by atoms with Crippen LogP contribution in [0, 0.1) is 19.8 Å². The molecule has 58 heavy (non-hydrogen) atoms. The van der Waals surface area contributed by atoms with E-state index < -0.39 is 0 Å². The molecule has 10 rings (SSSR count). The van der Waals surface area contributed by atoms with Crippen molar-refractivity contribution in [1.82, 2.24) is 9.55 Å². The Labute approximate surface area is 340 Å². The van der Waals surface area contributed by atoms with Gasteiger partial charge in [-0.15, -0.1) is 12.8 Å². The summed E-state index contributed by atoms with van der Waals surface area (Å²) in [5.41, 5.74) is 17.3. The molecule has 1 aliphatic heterocycles. The third-order valence-corrected chi connectivity index (χ3v) is 11.9. The molecule has 1 aliphatic rings. The number of para-hydroxylation sites is 2. The lowest BCUT2D eigenvalue weighted by molar-refractivity contribution is 0.575. The van der Waals surface area contributed by atoms with Crippen LogP contribution in [0.15, 0.2) is 156 Å². The highest BCUT2D eigenvalue weighted by Gasteiger charge is 2.28. The van der Waals surface area contributed by atoms with Crippen molar-refractivity contribution in [2.45, 2.75) is 40.0 Å². The van der Waals surface area contributed by atoms with Gasteiger partial charge in [-0.25, -0.2) is 0 Å². The van der Waals surface area contributed by atoms with Gasteiger partial charge in [0.1, 0.15) is 11.0 Å². The lowest BCUT2D eigenvalue weighted by Gasteiger charge is -2.20. The van der Waals surface area contributed by atoms with E-state index in [2.05, 4.69) is 195 Å². The topological polar surface area (TPSA) is 34.2 Å². The van der Waals surface area contributed by atoms with Gasteiger partial charge in [0.05, 0.1) is 28.7 Å². The van der Waals surface area contributed by atoms with Gasteiger partial charge in [-0.2, -0.15) is 0 Å². The van der Waals surface area contributed by atoms with Crippen LogP contribution in [0.25, 0.3) is 72.5 Å². The minimum atomic E-state index is 0.445. The highest BCUT2D eigenvalue weighted by atomic mass is 16.3. The van der Waals surface area contributed by atoms with Crippen molar-refractivity contribution in [3.05, 3.63) is 179 Å². The molecule has 0 saturated heterocycles. The zero-order valence-corrected chi connectivity index (χ0v) is 33.4. The molecule has 4 heteroatoms. The van der Waals surface area contributed by atoms with Gasteiger partial charge in [-0.1, -0.05) is 105 Å². The van der Waals surface area contributed by atoms with Crippen molar-refractivity contribution in [2.24, 2.45) is 0 Å². The first kappa shape index (κ1) is 36.5. The molecule has 0 aliphatic carbocycles. The number of anilines is 2. The molecule has 3 aromatic heterocycles. The third kappa shape index (κ3) is 5.90. The fourth-order valence-electron chi connectivity index (χ4n) is 8.94. The monoisotopic (exact) mass is 751 g/mol. The summed E-state index contributed by atoms with van der Waals surface area (Å²) >= 11 is 0. The SMILES string of the molecule is C#C.C/C=c1\c(=C2/CN(c3cccc(-c4ccccn4)c3)c3ccccc32)oc2c1ccc1c2c2ccccc2n1-c1ccc(C(C)CC)c(-c2ccccc2C)c1. The quantitative estimate of drug-likeness (QED) is 0.159. The number of nitrogens with zero attached hydrogens (tertiary/aromatic N) is 3. The molecule has 0 fully saturated rings. The molecule has 9 aromatic rings. The standard InChI is InChI=1S/C52H43N3O.C2H2/c1-5-33(3)40-26-25-37(31-44(40)39-19-8-7-16-34(39)4)55-48-24-12-10-21-43(48)50-49(55)28-27-42-38(6-2)51(56-52(42)50)45-32-54(47-23-11-9-20-41(45)47)36-18-15-17-35(30-36)46-22-13-14-29-53-46;1-2/h6-31,33H,5,32H2,1-4H3;1-2H/b38-6-,51-45-;. The summed E-state index contributed by atoms with van der Waals surface area (Å²) in [6, 6.07) is 52.6. The van der Waals surface area contributed by atoms with Crippen molar-refractivity contribution in [3.63, 3.8) is 0 Å². The Morgan fingerprint density at radius 3 is 2.29 bits per heavy atom. The second-order valence-corrected chi connectivity index (χ2v) is 15.1. The summed E-state index contributed by atoms with van der Waals surface area (Å²) in [7, 11) is 0. The van der Waals surface area contributed by atoms with Crippen molar-refractivity contribution in [3.8, 4) is 40.9 Å². The summed E-state index contributed by atoms with van der Waals surface area (Å²) < 4.78 is 9.66. The first-order chi connectivity index (χ1) is 28.5. The first-order valence-corrected chi connectivity index (χ1v) is 20.1. The molecule has 4 heterocycles. The van der Waals surface area contributed by atoms with Crippen molar-refractivity contribution in [1.29, 1.82) is 0 Å². The molecule has 1 unspecified atom stereocenters. The Morgan fingerprint density at radius 1 is 0.724 bits per heavy atom. The number of pyridine rings is 1. The van der Waals surface area contributed by atoms with E-state index in [1.54, 1.807) is 0 Å². The largest absolute Gasteiger partial charge is 0.455 e. The van der Waals surface area contributed by atoms with Gasteiger partial charge >= 0.3 is 0 Å². The van der Waals surface area contributed by atoms with E-state index in [1.807, 2.05) is 18.3 Å². The average Bonchev–Trinajstić information content (AvgIpc) is 3.97. The van der Waals surface area contributed by atoms with Crippen molar-refractivity contribution >= 4 is 55.8 Å². The summed E-state index contributed by atoms with van der Waals surface area (Å²) in [6.07, 6.45) is 13.2. The molecule has 4 nitrogen and oxygen atoms in total. The second kappa shape index (κ2) is 15.1. The normalized spacial score (nSPS) is 14.2. The molecular formula is C54H45N3O. The Hall–Kier alpha value is -7.09. The summed E-state index contributed by atoms with van der Waals surface area (Å²) in [4.78, 5) is 7.03. The molecule has 0 saturated carbocycles. The fourth-order valence-corrected chi connectivity index (χ4v) is 8.94. The second-order valence-electron chi connectivity index (χ2n) is 15.1. The molecule has 0 amide bonds. The zero-order valence-electron chi connectivity index (χ0n) is 33.4. The first-order valence-electron chi connectivity index (χ1n) is 20.1. The van der Waals surface area contributed by atoms with Crippen molar-refractivity contribution in [2.75, 3.05) is 11.4 Å². The van der Waals surface area contributed by atoms with Crippen LogP contribution in [-0.4, -0.2) is 16.1 Å². The van der Waals surface area contributed by atoms with Gasteiger partial charge in [0, 0.05) is 56.0 Å². The van der Waals surface area contributed by atoms with Gasteiger partial charge in [0.2, 0.25) is 0 Å². The predicted octanol–water partition coefficient (Wildman–Crippen LogP) is 12.5. The number of fused-ring (bicyclic) bond motifs is 6. The Morgan fingerprint density at radius 2 is 1.50 bits per heavy atom. The number of hydrogen-bond donors (Lipinski definition) is 0. The van der Waals surface area contributed by atoms with Crippen LogP contribution in [-0.2, 0) is 0 Å². The van der Waals surface area contributed by atoms with Crippen LogP contribution in [0.1, 0.15) is 49.8 Å². The van der Waals surface area contributed by atoms with Gasteiger partial charge in [0.15, 0.2) is 0 Å². The van der Waals surface area contributed by atoms with E-state index in [9.17, 15) is 0 Å². The number of rotatable bonds is 6. The van der Waals surface area contributed by atoms with Gasteiger partial charge in [0.25, 0.3) is 0 Å². The van der Waals surface area contributed by atoms with Crippen LogP contribution in [0.3, 0.4) is 0 Å². The Balaban J connectivity index is 0.00000215. The number of terminal acetylenes is 1. The minimum absolute atomic E-state index is 0.445. The maximum atomic E-state index is 7.23. The van der Waals surface area contributed by atoms with Crippen LogP contribution >= 0.6 is 0 Å². The number of benzene rings is 6. The predicted molar refractivity (Wildman–Crippen MR) is 244 cm³/mol. The molecule has 0 radical (unpaired) electrons. The number of hydrogen-bond acceptors (Lipinski definition) is 3. The van der Waals surface area contributed by atoms with E-state index in [1.165, 1.54) is 50.0 Å². The molecule has 6 aromatic carbocycles. The van der Waals surface area contributed by atoms with E-state index in [0.29, 0.717) is 12.5 Å². The lowest BCUT2D eigenvalue weighted by Crippen LogP contribution is -2.25. The molecular weight excluding hydrogens is 707 g/mol. The summed E-state index contributed by atoms with van der Waals surface area (Å²) in [5, 5.41) is 4.59. The lowest BCUT2D eigenvalue weighted by atomic mass is 9.88. The van der Waals surface area contributed by atoms with Crippen LogP contribution < -0.4 is 15.5 Å². The Bertz CT molecular complexity index is 3150. The number of aromatic nitrogens is 2. The van der Waals surface area contributed by atoms with E-state index >= 15 is 0 Å². The van der Waals surface area contributed by atoms with Crippen LogP contribution in [0.2, 0.25) is 0 Å². The van der Waals surface area contributed by atoms with Gasteiger partial charge < -0.3 is 13.9 Å². The maximum Gasteiger partial charge on any atom is 0.145 e. The number of furan rings is 1. The van der Waals surface area contributed by atoms with E-state index in [0.717, 1.165) is 61.6 Å². The number of aryl methyl sites for hydroxylation is 1. The molecule has 1 atom stereocenters. The molecule has 282 valence electrons. The fraction of sp³-hybridized carbons (Fsp3) is 0.130. The zero-order chi connectivity index (χ0) is 39.9. The highest BCUT2D eigenvalue weighted by molar-refractivity contribution is 6.19. The van der Waals surface area contributed by atoms with Gasteiger partial charge in [-0.3, -0.25) is 4.98 Å². The molecule has 0 bridgehead atoms. The minimum Gasteiger partial charge on any atom is -0.455 e. The molecule has 0 N–H and O–H groups in total. The third-order valence-electron chi connectivity index (χ3n) is 11.9. The van der Waals surface area contributed by atoms with E-state index in [-0.39, 0.29) is 0 Å². The van der Waals surface area contributed by atoms with Gasteiger partial charge in [-0.05, 0) is 109 Å². The van der Waals surface area contributed by atoms with Crippen LogP contribution in [0.4, 0.5) is 11.4 Å². The van der Waals surface area contributed by atoms with E-state index in [4.69, 9.17) is 4.42 Å². The summed E-state index contributed by atoms with van der Waals surface area (Å²) in [6.45, 7) is 9.66. The van der Waals surface area contributed by atoms with Crippen LogP contribution in [0.5, 0.6) is 0 Å². The Kier molecular flexibility index (Phi) is 9.52. The highest BCUT2D eigenvalue weighted by Crippen LogP contribution is 2.42. The van der Waals surface area contributed by atoms with Crippen molar-refractivity contribution < 1.29 is 4.42 Å².